The fraction of sp³-hybridized carbons (Fsp3) is 0.611. The summed E-state index contributed by atoms with van der Waals surface area (Å²) >= 11 is 0. The zero-order valence-corrected chi connectivity index (χ0v) is 14.7. The van der Waals surface area contributed by atoms with Crippen LogP contribution in [0.1, 0.15) is 33.6 Å². The van der Waals surface area contributed by atoms with E-state index in [9.17, 15) is 4.79 Å². The van der Waals surface area contributed by atoms with Gasteiger partial charge in [0.25, 0.3) is 0 Å². The van der Waals surface area contributed by atoms with E-state index in [1.54, 1.807) is 7.11 Å². The van der Waals surface area contributed by atoms with Crippen molar-refractivity contribution in [1.82, 2.24) is 10.2 Å². The van der Waals surface area contributed by atoms with Crippen LogP contribution in [0.4, 0.5) is 5.69 Å². The van der Waals surface area contributed by atoms with Gasteiger partial charge in [-0.2, -0.15) is 0 Å². The minimum absolute atomic E-state index is 0.0386. The van der Waals surface area contributed by atoms with Crippen LogP contribution >= 0.6 is 0 Å². The van der Waals surface area contributed by atoms with Crippen LogP contribution in [0.25, 0.3) is 0 Å². The van der Waals surface area contributed by atoms with E-state index in [4.69, 9.17) is 4.74 Å². The molecule has 5 heteroatoms. The molecule has 0 spiro atoms. The molecular formula is C18H29N3O2. The molecular weight excluding hydrogens is 290 g/mol. The first-order valence-electron chi connectivity index (χ1n) is 8.40. The first-order chi connectivity index (χ1) is 10.9. The second kappa shape index (κ2) is 7.68. The van der Waals surface area contributed by atoms with Crippen molar-refractivity contribution >= 4 is 11.6 Å². The Bertz CT molecular complexity index is 514. The number of amides is 1. The number of nitrogens with one attached hydrogen (secondary N) is 2. The summed E-state index contributed by atoms with van der Waals surface area (Å²) in [5, 5.41) is 6.48. The van der Waals surface area contributed by atoms with E-state index in [1.165, 1.54) is 0 Å². The topological polar surface area (TPSA) is 53.6 Å². The standard InChI is InChI=1S/C18H29N3O2/c1-5-11-21-12-10-15(13-21)19-17(22)18(2,3)20-14-6-8-16(23-4)9-7-14/h6-9,15,20H,5,10-13H2,1-4H3,(H,19,22). The Morgan fingerprint density at radius 2 is 2.04 bits per heavy atom. The molecule has 128 valence electrons. The minimum Gasteiger partial charge on any atom is -0.497 e. The number of nitrogens with zero attached hydrogens (tertiary/aromatic N) is 1. The van der Waals surface area contributed by atoms with Gasteiger partial charge in [-0.15, -0.1) is 0 Å². The molecule has 1 unspecified atom stereocenters. The molecule has 1 atom stereocenters. The smallest absolute Gasteiger partial charge is 0.245 e. The number of methoxy groups -OCH3 is 1. The Hall–Kier alpha value is -1.75. The van der Waals surface area contributed by atoms with Crippen LogP contribution in [0.3, 0.4) is 0 Å². The number of anilines is 1. The molecule has 1 saturated heterocycles. The van der Waals surface area contributed by atoms with Gasteiger partial charge in [-0.05, 0) is 57.5 Å². The highest BCUT2D eigenvalue weighted by molar-refractivity contribution is 5.88. The molecule has 1 aromatic carbocycles. The summed E-state index contributed by atoms with van der Waals surface area (Å²) in [7, 11) is 1.64. The van der Waals surface area contributed by atoms with Gasteiger partial charge in [0.2, 0.25) is 5.91 Å². The molecule has 0 aliphatic carbocycles. The predicted molar refractivity (Wildman–Crippen MR) is 94.0 cm³/mol. The predicted octanol–water partition coefficient (Wildman–Crippen LogP) is 2.49. The highest BCUT2D eigenvalue weighted by Gasteiger charge is 2.31. The van der Waals surface area contributed by atoms with Crippen molar-refractivity contribution in [1.29, 1.82) is 0 Å². The van der Waals surface area contributed by atoms with E-state index >= 15 is 0 Å². The number of benzene rings is 1. The first-order valence-corrected chi connectivity index (χ1v) is 8.40. The zero-order chi connectivity index (χ0) is 16.9. The zero-order valence-electron chi connectivity index (χ0n) is 14.7. The maximum absolute atomic E-state index is 12.6. The number of hydrogen-bond donors (Lipinski definition) is 2. The molecule has 0 radical (unpaired) electrons. The fourth-order valence-corrected chi connectivity index (χ4v) is 2.93. The van der Waals surface area contributed by atoms with Crippen LogP contribution in [0.15, 0.2) is 24.3 Å². The largest absolute Gasteiger partial charge is 0.497 e. The second-order valence-corrected chi connectivity index (χ2v) is 6.74. The first kappa shape index (κ1) is 17.6. The lowest BCUT2D eigenvalue weighted by atomic mass is 10.0. The Morgan fingerprint density at radius 3 is 2.65 bits per heavy atom. The summed E-state index contributed by atoms with van der Waals surface area (Å²) in [4.78, 5) is 15.0. The average Bonchev–Trinajstić information content (AvgIpc) is 2.95. The molecule has 0 saturated carbocycles. The van der Waals surface area contributed by atoms with Crippen LogP contribution in [-0.2, 0) is 4.79 Å². The van der Waals surface area contributed by atoms with Crippen molar-refractivity contribution < 1.29 is 9.53 Å². The van der Waals surface area contributed by atoms with E-state index in [2.05, 4.69) is 22.5 Å². The Morgan fingerprint density at radius 1 is 1.35 bits per heavy atom. The second-order valence-electron chi connectivity index (χ2n) is 6.74. The van der Waals surface area contributed by atoms with E-state index in [-0.39, 0.29) is 11.9 Å². The Balaban J connectivity index is 1.89. The molecule has 1 aromatic rings. The van der Waals surface area contributed by atoms with Crippen molar-refractivity contribution in [2.45, 2.75) is 45.2 Å². The normalized spacial score (nSPS) is 18.7. The maximum Gasteiger partial charge on any atom is 0.245 e. The summed E-state index contributed by atoms with van der Waals surface area (Å²) in [5.74, 6) is 0.844. The number of ether oxygens (including phenoxy) is 1. The summed E-state index contributed by atoms with van der Waals surface area (Å²) in [6.07, 6.45) is 2.19. The van der Waals surface area contributed by atoms with Crippen LogP contribution in [0.2, 0.25) is 0 Å². The van der Waals surface area contributed by atoms with Crippen molar-refractivity contribution in [3.63, 3.8) is 0 Å². The van der Waals surface area contributed by atoms with E-state index in [0.717, 1.165) is 43.9 Å². The number of hydrogen-bond acceptors (Lipinski definition) is 4. The molecule has 0 aromatic heterocycles. The van der Waals surface area contributed by atoms with Gasteiger partial charge in [-0.25, -0.2) is 0 Å². The summed E-state index contributed by atoms with van der Waals surface area (Å²) in [5.41, 5.74) is 0.247. The van der Waals surface area contributed by atoms with Gasteiger partial charge >= 0.3 is 0 Å². The molecule has 1 aliphatic rings. The highest BCUT2D eigenvalue weighted by Crippen LogP contribution is 2.20. The summed E-state index contributed by atoms with van der Waals surface area (Å²) in [6, 6.07) is 7.87. The summed E-state index contributed by atoms with van der Waals surface area (Å²) < 4.78 is 5.15. The summed E-state index contributed by atoms with van der Waals surface area (Å²) in [6.45, 7) is 9.15. The van der Waals surface area contributed by atoms with Crippen molar-refractivity contribution in [2.75, 3.05) is 32.1 Å². The lowest BCUT2D eigenvalue weighted by Crippen LogP contribution is -2.51. The fourth-order valence-electron chi connectivity index (χ4n) is 2.93. The van der Waals surface area contributed by atoms with Gasteiger partial charge < -0.3 is 20.3 Å². The molecule has 1 fully saturated rings. The Kier molecular flexibility index (Phi) is 5.88. The molecule has 2 rings (SSSR count). The third-order valence-corrected chi connectivity index (χ3v) is 4.26. The third-order valence-electron chi connectivity index (χ3n) is 4.26. The number of likely N-dealkylation sites (tertiary alicyclic amines) is 1. The van der Waals surface area contributed by atoms with Crippen molar-refractivity contribution in [3.05, 3.63) is 24.3 Å². The monoisotopic (exact) mass is 319 g/mol. The minimum atomic E-state index is -0.660. The average molecular weight is 319 g/mol. The molecule has 2 N–H and O–H groups in total. The van der Waals surface area contributed by atoms with Gasteiger partial charge in [-0.1, -0.05) is 6.92 Å². The van der Waals surface area contributed by atoms with Crippen molar-refractivity contribution in [3.8, 4) is 5.75 Å². The lowest BCUT2D eigenvalue weighted by molar-refractivity contribution is -0.125. The van der Waals surface area contributed by atoms with Crippen molar-refractivity contribution in [2.24, 2.45) is 0 Å². The van der Waals surface area contributed by atoms with E-state index in [1.807, 2.05) is 38.1 Å². The van der Waals surface area contributed by atoms with Crippen LogP contribution < -0.4 is 15.4 Å². The SMILES string of the molecule is CCCN1CCC(NC(=O)C(C)(C)Nc2ccc(OC)cc2)C1. The van der Waals surface area contributed by atoms with Crippen LogP contribution in [0, 0.1) is 0 Å². The molecule has 1 aliphatic heterocycles. The van der Waals surface area contributed by atoms with E-state index in [0.29, 0.717) is 0 Å². The molecule has 23 heavy (non-hydrogen) atoms. The van der Waals surface area contributed by atoms with Crippen LogP contribution in [0.5, 0.6) is 5.75 Å². The number of rotatable bonds is 7. The molecule has 1 heterocycles. The van der Waals surface area contributed by atoms with Crippen LogP contribution in [-0.4, -0.2) is 49.1 Å². The molecule has 1 amide bonds. The third kappa shape index (κ3) is 4.86. The highest BCUT2D eigenvalue weighted by atomic mass is 16.5. The van der Waals surface area contributed by atoms with E-state index < -0.39 is 5.54 Å². The molecule has 5 nitrogen and oxygen atoms in total. The quantitative estimate of drug-likeness (QED) is 0.811. The van der Waals surface area contributed by atoms with Gasteiger partial charge in [0, 0.05) is 24.8 Å². The number of carbonyl (C=O) groups is 1. The molecule has 0 bridgehead atoms. The Labute approximate surface area is 139 Å². The maximum atomic E-state index is 12.6. The van der Waals surface area contributed by atoms with Gasteiger partial charge in [-0.3, -0.25) is 4.79 Å². The van der Waals surface area contributed by atoms with Gasteiger partial charge in [0.1, 0.15) is 11.3 Å². The van der Waals surface area contributed by atoms with Gasteiger partial charge in [0.05, 0.1) is 7.11 Å². The lowest BCUT2D eigenvalue weighted by Gasteiger charge is -2.28. The number of carbonyl (C=O) groups excluding carboxylic acids is 1. The van der Waals surface area contributed by atoms with Gasteiger partial charge in [0.15, 0.2) is 0 Å².